The summed E-state index contributed by atoms with van der Waals surface area (Å²) in [6.45, 7) is 4.87. The van der Waals surface area contributed by atoms with Gasteiger partial charge in [0.05, 0.1) is 35.6 Å². The molecule has 1 N–H and O–H groups in total. The van der Waals surface area contributed by atoms with E-state index in [-0.39, 0.29) is 5.56 Å². The molecule has 0 aliphatic carbocycles. The molecule has 1 aromatic carbocycles. The van der Waals surface area contributed by atoms with Crippen LogP contribution in [0.15, 0.2) is 24.3 Å². The number of fused-ring (bicyclic) bond motifs is 1. The summed E-state index contributed by atoms with van der Waals surface area (Å²) >= 11 is 0. The lowest BCUT2D eigenvalue weighted by Gasteiger charge is -2.36. The number of rotatable bonds is 6. The van der Waals surface area contributed by atoms with Crippen molar-refractivity contribution < 1.29 is 17.9 Å². The molecule has 35 heavy (non-hydrogen) atoms. The number of alkyl halides is 2. The van der Waals surface area contributed by atoms with Crippen molar-refractivity contribution in [2.24, 2.45) is 0 Å². The topological polar surface area (TPSA) is 87.0 Å². The van der Waals surface area contributed by atoms with E-state index in [0.29, 0.717) is 47.0 Å². The summed E-state index contributed by atoms with van der Waals surface area (Å²) in [7, 11) is 3.52. The largest absolute Gasteiger partial charge is 0.481 e. The Morgan fingerprint density at radius 1 is 1.17 bits per heavy atom. The maximum Gasteiger partial charge on any atom is 0.266 e. The van der Waals surface area contributed by atoms with Gasteiger partial charge in [0.2, 0.25) is 5.88 Å². The van der Waals surface area contributed by atoms with Crippen molar-refractivity contribution in [2.75, 3.05) is 32.6 Å². The second kappa shape index (κ2) is 9.66. The second-order valence-electron chi connectivity index (χ2n) is 8.95. The van der Waals surface area contributed by atoms with E-state index in [4.69, 9.17) is 4.74 Å². The van der Waals surface area contributed by atoms with Gasteiger partial charge in [0.1, 0.15) is 17.5 Å². The van der Waals surface area contributed by atoms with E-state index < -0.39 is 29.3 Å². The van der Waals surface area contributed by atoms with Gasteiger partial charge in [-0.2, -0.15) is 10.2 Å². The highest BCUT2D eigenvalue weighted by atomic mass is 19.3. The molecule has 0 unspecified atom stereocenters. The quantitative estimate of drug-likeness (QED) is 0.522. The number of pyridine rings is 1. The molecule has 1 saturated heterocycles. The zero-order valence-corrected chi connectivity index (χ0v) is 20.1. The van der Waals surface area contributed by atoms with Crippen LogP contribution < -0.4 is 10.1 Å². The summed E-state index contributed by atoms with van der Waals surface area (Å²) in [4.78, 5) is 15.7. The van der Waals surface area contributed by atoms with Gasteiger partial charge in [-0.05, 0) is 52.9 Å². The minimum absolute atomic E-state index is 0.0951. The summed E-state index contributed by atoms with van der Waals surface area (Å²) in [5.41, 5.74) is -0.331. The highest BCUT2D eigenvalue weighted by Gasteiger charge is 2.39. The van der Waals surface area contributed by atoms with Gasteiger partial charge < -0.3 is 15.0 Å². The number of benzene rings is 1. The molecule has 0 radical (unpaired) electrons. The Morgan fingerprint density at radius 2 is 1.86 bits per heavy atom. The minimum atomic E-state index is -2.92. The molecule has 7 nitrogen and oxygen atoms in total. The number of aromatic nitrogens is 3. The third-order valence-electron chi connectivity index (χ3n) is 6.64. The minimum Gasteiger partial charge on any atom is -0.481 e. The molecule has 1 aliphatic rings. The lowest BCUT2D eigenvalue weighted by Crippen LogP contribution is -2.40. The fraction of sp³-hybridized carbons (Fsp3) is 0.440. The molecule has 1 aliphatic heterocycles. The van der Waals surface area contributed by atoms with Gasteiger partial charge in [-0.3, -0.25) is 0 Å². The summed E-state index contributed by atoms with van der Waals surface area (Å²) in [6, 6.07) is 7.57. The Balaban J connectivity index is 1.81. The zero-order valence-electron chi connectivity index (χ0n) is 20.1. The van der Waals surface area contributed by atoms with Crippen LogP contribution in [0.1, 0.15) is 54.7 Å². The van der Waals surface area contributed by atoms with Crippen molar-refractivity contribution in [2.45, 2.75) is 44.6 Å². The molecule has 3 heterocycles. The van der Waals surface area contributed by atoms with Crippen molar-refractivity contribution >= 4 is 16.9 Å². The number of likely N-dealkylation sites (tertiary alicyclic amines) is 1. The second-order valence-corrected chi connectivity index (χ2v) is 8.95. The van der Waals surface area contributed by atoms with Crippen LogP contribution >= 0.6 is 0 Å². The number of halogens is 3. The molecule has 0 amide bonds. The maximum absolute atomic E-state index is 14.8. The highest BCUT2D eigenvalue weighted by Crippen LogP contribution is 2.41. The standard InChI is InChI=1S/C25H27F3N6O/c1-14(16-6-5-7-17(20(16)26)21(27)28)30-22-18-12-19(25(13-29)8-10-34(3)11-9-25)24(35-4)33-23(18)32-15(2)31-22/h5-7,12,14,21H,8-11H2,1-4H3,(H,30,31,32,33)/t14-/m1/s1. The number of nitriles is 1. The van der Waals surface area contributed by atoms with Gasteiger partial charge in [0.25, 0.3) is 6.43 Å². The van der Waals surface area contributed by atoms with E-state index in [2.05, 4.69) is 31.2 Å². The Hall–Kier alpha value is -3.45. The molecule has 1 fully saturated rings. The summed E-state index contributed by atoms with van der Waals surface area (Å²) in [6.07, 6.45) is -1.69. The Labute approximate surface area is 202 Å². The van der Waals surface area contributed by atoms with Crippen LogP contribution in [0.5, 0.6) is 5.88 Å². The molecule has 1 atom stereocenters. The number of hydrogen-bond acceptors (Lipinski definition) is 7. The molecule has 0 saturated carbocycles. The molecule has 2 aromatic heterocycles. The van der Waals surface area contributed by atoms with Crippen LogP contribution in [0.3, 0.4) is 0 Å². The SMILES string of the molecule is COc1nc2nc(C)nc(N[C@H](C)c3cccc(C(F)F)c3F)c2cc1C1(C#N)CCN(C)CC1. The first kappa shape index (κ1) is 24.7. The Bertz CT molecular complexity index is 1280. The Kier molecular flexibility index (Phi) is 6.81. The van der Waals surface area contributed by atoms with Crippen LogP contribution in [0.4, 0.5) is 19.0 Å². The summed E-state index contributed by atoms with van der Waals surface area (Å²) in [5.74, 6) is 0.175. The normalized spacial score (nSPS) is 16.8. The predicted octanol–water partition coefficient (Wildman–Crippen LogP) is 5.08. The number of nitrogens with one attached hydrogen (secondary N) is 1. The van der Waals surface area contributed by atoms with Crippen molar-refractivity contribution in [3.63, 3.8) is 0 Å². The summed E-state index contributed by atoms with van der Waals surface area (Å²) < 4.78 is 46.8. The number of anilines is 1. The van der Waals surface area contributed by atoms with Crippen LogP contribution in [0.2, 0.25) is 0 Å². The molecular weight excluding hydrogens is 457 g/mol. The fourth-order valence-corrected chi connectivity index (χ4v) is 4.55. The van der Waals surface area contributed by atoms with E-state index in [1.165, 1.54) is 19.2 Å². The van der Waals surface area contributed by atoms with Crippen molar-refractivity contribution in [1.82, 2.24) is 19.9 Å². The smallest absolute Gasteiger partial charge is 0.266 e. The predicted molar refractivity (Wildman–Crippen MR) is 126 cm³/mol. The van der Waals surface area contributed by atoms with Gasteiger partial charge in [0.15, 0.2) is 5.65 Å². The van der Waals surface area contributed by atoms with E-state index in [9.17, 15) is 18.4 Å². The van der Waals surface area contributed by atoms with Crippen molar-refractivity contribution in [1.29, 1.82) is 5.26 Å². The molecule has 0 bridgehead atoms. The number of nitrogens with zero attached hydrogens (tertiary/aromatic N) is 5. The van der Waals surface area contributed by atoms with E-state index in [0.717, 1.165) is 19.2 Å². The lowest BCUT2D eigenvalue weighted by atomic mass is 9.74. The molecule has 3 aromatic rings. The fourth-order valence-electron chi connectivity index (χ4n) is 4.55. The molecule has 0 spiro atoms. The first-order chi connectivity index (χ1) is 16.7. The third kappa shape index (κ3) is 4.60. The third-order valence-corrected chi connectivity index (χ3v) is 6.64. The van der Waals surface area contributed by atoms with Gasteiger partial charge >= 0.3 is 0 Å². The molecular formula is C25H27F3N6O. The van der Waals surface area contributed by atoms with Crippen LogP contribution in [0, 0.1) is 24.1 Å². The molecule has 4 rings (SSSR count). The van der Waals surface area contributed by atoms with E-state index in [1.54, 1.807) is 13.8 Å². The zero-order chi connectivity index (χ0) is 25.3. The first-order valence-electron chi connectivity index (χ1n) is 11.4. The van der Waals surface area contributed by atoms with Gasteiger partial charge in [0, 0.05) is 11.1 Å². The van der Waals surface area contributed by atoms with E-state index in [1.807, 2.05) is 13.1 Å². The van der Waals surface area contributed by atoms with Crippen molar-refractivity contribution in [3.05, 3.63) is 52.6 Å². The maximum atomic E-state index is 14.8. The molecule has 184 valence electrons. The lowest BCUT2D eigenvalue weighted by molar-refractivity contribution is 0.146. The van der Waals surface area contributed by atoms with Crippen molar-refractivity contribution in [3.8, 4) is 11.9 Å². The number of methoxy groups -OCH3 is 1. The van der Waals surface area contributed by atoms with Gasteiger partial charge in [-0.15, -0.1) is 0 Å². The van der Waals surface area contributed by atoms with Crippen LogP contribution in [-0.2, 0) is 5.41 Å². The number of piperidine rings is 1. The average Bonchev–Trinajstić information content (AvgIpc) is 2.84. The number of ether oxygens (including phenoxy) is 1. The number of aryl methyl sites for hydroxylation is 1. The highest BCUT2D eigenvalue weighted by molar-refractivity contribution is 5.88. The number of hydrogen-bond donors (Lipinski definition) is 1. The monoisotopic (exact) mass is 484 g/mol. The molecule has 10 heteroatoms. The van der Waals surface area contributed by atoms with Crippen LogP contribution in [0.25, 0.3) is 11.0 Å². The van der Waals surface area contributed by atoms with E-state index >= 15 is 0 Å². The van der Waals surface area contributed by atoms with Crippen LogP contribution in [-0.4, -0.2) is 47.1 Å². The average molecular weight is 485 g/mol. The van der Waals surface area contributed by atoms with Gasteiger partial charge in [-0.25, -0.2) is 23.1 Å². The summed E-state index contributed by atoms with van der Waals surface area (Å²) in [5, 5.41) is 13.9. The Morgan fingerprint density at radius 3 is 2.49 bits per heavy atom. The first-order valence-corrected chi connectivity index (χ1v) is 11.4. The van der Waals surface area contributed by atoms with Gasteiger partial charge in [-0.1, -0.05) is 18.2 Å².